The third kappa shape index (κ3) is 4.57. The number of rotatable bonds is 5. The minimum Gasteiger partial charge on any atom is -0.314 e. The van der Waals surface area contributed by atoms with Crippen molar-refractivity contribution in [3.05, 3.63) is 34.1 Å². The maximum absolute atomic E-state index is 13.1. The van der Waals surface area contributed by atoms with Crippen molar-refractivity contribution in [3.8, 4) is 0 Å². The highest BCUT2D eigenvalue weighted by atomic mass is 79.9. The number of benzene rings is 1. The van der Waals surface area contributed by atoms with E-state index in [-0.39, 0.29) is 5.82 Å². The maximum atomic E-state index is 13.1. The van der Waals surface area contributed by atoms with Gasteiger partial charge in [-0.15, -0.1) is 0 Å². The Bertz CT molecular complexity index is 408. The lowest BCUT2D eigenvalue weighted by molar-refractivity contribution is 0.284. The molecule has 106 valence electrons. The van der Waals surface area contributed by atoms with E-state index in [2.05, 4.69) is 28.2 Å². The first-order valence-corrected chi connectivity index (χ1v) is 8.15. The molecular weight excluding hydrogens is 305 g/mol. The molecule has 1 aliphatic carbocycles. The van der Waals surface area contributed by atoms with Gasteiger partial charge in [-0.25, -0.2) is 4.39 Å². The topological polar surface area (TPSA) is 12.0 Å². The van der Waals surface area contributed by atoms with Gasteiger partial charge in [0.1, 0.15) is 5.82 Å². The van der Waals surface area contributed by atoms with Gasteiger partial charge < -0.3 is 5.32 Å². The molecule has 1 saturated carbocycles. The molecule has 0 heterocycles. The summed E-state index contributed by atoms with van der Waals surface area (Å²) in [6.07, 6.45) is 7.43. The van der Waals surface area contributed by atoms with Gasteiger partial charge in [-0.3, -0.25) is 0 Å². The van der Waals surface area contributed by atoms with Crippen molar-refractivity contribution < 1.29 is 4.39 Å². The normalized spacial score (nSPS) is 23.5. The Balaban J connectivity index is 1.91. The summed E-state index contributed by atoms with van der Waals surface area (Å²) >= 11 is 3.48. The van der Waals surface area contributed by atoms with Gasteiger partial charge >= 0.3 is 0 Å². The highest BCUT2D eigenvalue weighted by Crippen LogP contribution is 2.30. The molecule has 1 aliphatic rings. The van der Waals surface area contributed by atoms with E-state index in [1.807, 2.05) is 6.07 Å². The quantitative estimate of drug-likeness (QED) is 0.827. The smallest absolute Gasteiger partial charge is 0.124 e. The van der Waals surface area contributed by atoms with E-state index in [0.717, 1.165) is 23.4 Å². The molecule has 0 saturated heterocycles. The molecule has 0 amide bonds. The zero-order valence-corrected chi connectivity index (χ0v) is 13.2. The molecule has 1 nitrogen and oxygen atoms in total. The summed E-state index contributed by atoms with van der Waals surface area (Å²) in [6.45, 7) is 3.33. The van der Waals surface area contributed by atoms with Crippen LogP contribution in [-0.4, -0.2) is 12.6 Å². The summed E-state index contributed by atoms with van der Waals surface area (Å²) in [7, 11) is 0. The van der Waals surface area contributed by atoms with Gasteiger partial charge in [0.15, 0.2) is 0 Å². The average molecular weight is 328 g/mol. The van der Waals surface area contributed by atoms with Crippen LogP contribution < -0.4 is 5.32 Å². The van der Waals surface area contributed by atoms with Crippen LogP contribution >= 0.6 is 15.9 Å². The zero-order chi connectivity index (χ0) is 13.7. The molecule has 1 N–H and O–H groups in total. The highest BCUT2D eigenvalue weighted by molar-refractivity contribution is 9.10. The van der Waals surface area contributed by atoms with Gasteiger partial charge in [-0.1, -0.05) is 41.8 Å². The molecule has 0 radical (unpaired) electrons. The van der Waals surface area contributed by atoms with Crippen molar-refractivity contribution in [2.45, 2.75) is 51.5 Å². The number of hydrogen-bond acceptors (Lipinski definition) is 1. The van der Waals surface area contributed by atoms with Gasteiger partial charge in [-0.05, 0) is 55.8 Å². The molecule has 2 unspecified atom stereocenters. The molecule has 1 fully saturated rings. The number of nitrogens with one attached hydrogen (secondary N) is 1. The predicted octanol–water partition coefficient (Wildman–Crippen LogP) is 4.69. The monoisotopic (exact) mass is 327 g/mol. The van der Waals surface area contributed by atoms with Crippen molar-refractivity contribution in [1.82, 2.24) is 5.32 Å². The fraction of sp³-hybridized carbons (Fsp3) is 0.625. The second kappa shape index (κ2) is 7.39. The summed E-state index contributed by atoms with van der Waals surface area (Å²) in [4.78, 5) is 0. The van der Waals surface area contributed by atoms with E-state index in [1.165, 1.54) is 37.7 Å². The Morgan fingerprint density at radius 1 is 1.37 bits per heavy atom. The van der Waals surface area contributed by atoms with E-state index < -0.39 is 0 Å². The van der Waals surface area contributed by atoms with Gasteiger partial charge in [-0.2, -0.15) is 0 Å². The predicted molar refractivity (Wildman–Crippen MR) is 81.8 cm³/mol. The van der Waals surface area contributed by atoms with E-state index >= 15 is 0 Å². The van der Waals surface area contributed by atoms with Crippen LogP contribution in [0, 0.1) is 11.7 Å². The summed E-state index contributed by atoms with van der Waals surface area (Å²) < 4.78 is 14.0. The van der Waals surface area contributed by atoms with E-state index in [1.54, 1.807) is 12.1 Å². The van der Waals surface area contributed by atoms with Crippen molar-refractivity contribution in [3.63, 3.8) is 0 Å². The van der Waals surface area contributed by atoms with Gasteiger partial charge in [0, 0.05) is 10.5 Å². The first-order valence-electron chi connectivity index (χ1n) is 7.36. The molecular formula is C16H23BrFN. The van der Waals surface area contributed by atoms with Crippen molar-refractivity contribution in [1.29, 1.82) is 0 Å². The van der Waals surface area contributed by atoms with E-state index in [9.17, 15) is 4.39 Å². The minimum atomic E-state index is -0.165. The second-order valence-corrected chi connectivity index (χ2v) is 6.48. The Kier molecular flexibility index (Phi) is 5.83. The lowest BCUT2D eigenvalue weighted by Gasteiger charge is -2.30. The molecule has 19 heavy (non-hydrogen) atoms. The molecule has 0 spiro atoms. The average Bonchev–Trinajstić information content (AvgIpc) is 2.40. The van der Waals surface area contributed by atoms with Gasteiger partial charge in [0.2, 0.25) is 0 Å². The Morgan fingerprint density at radius 2 is 2.21 bits per heavy atom. The molecule has 1 aromatic rings. The maximum Gasteiger partial charge on any atom is 0.124 e. The molecule has 0 aromatic heterocycles. The van der Waals surface area contributed by atoms with Crippen molar-refractivity contribution >= 4 is 15.9 Å². The van der Waals surface area contributed by atoms with Gasteiger partial charge in [0.25, 0.3) is 0 Å². The Morgan fingerprint density at radius 3 is 2.95 bits per heavy atom. The zero-order valence-electron chi connectivity index (χ0n) is 11.6. The third-order valence-electron chi connectivity index (χ3n) is 3.99. The number of hydrogen-bond donors (Lipinski definition) is 1. The molecule has 0 aliphatic heterocycles. The summed E-state index contributed by atoms with van der Waals surface area (Å²) in [5.41, 5.74) is 1.24. The van der Waals surface area contributed by atoms with Crippen LogP contribution in [0.4, 0.5) is 4.39 Å². The second-order valence-electron chi connectivity index (χ2n) is 5.62. The first-order chi connectivity index (χ1) is 9.19. The molecule has 2 atom stereocenters. The number of halogens is 2. The highest BCUT2D eigenvalue weighted by Gasteiger charge is 2.22. The molecule has 3 heteroatoms. The molecule has 0 bridgehead atoms. The van der Waals surface area contributed by atoms with Crippen LogP contribution in [-0.2, 0) is 6.42 Å². The van der Waals surface area contributed by atoms with Crippen LogP contribution in [0.5, 0.6) is 0 Å². The summed E-state index contributed by atoms with van der Waals surface area (Å²) in [5, 5.41) is 3.64. The molecule has 1 aromatic carbocycles. The van der Waals surface area contributed by atoms with Crippen LogP contribution in [0.1, 0.15) is 44.6 Å². The Labute approximate surface area is 124 Å². The fourth-order valence-corrected chi connectivity index (χ4v) is 3.52. The van der Waals surface area contributed by atoms with Crippen molar-refractivity contribution in [2.75, 3.05) is 6.54 Å². The fourth-order valence-electron chi connectivity index (χ4n) is 3.01. The van der Waals surface area contributed by atoms with Crippen molar-refractivity contribution in [2.24, 2.45) is 5.92 Å². The Hall–Kier alpha value is -0.410. The summed E-state index contributed by atoms with van der Waals surface area (Å²) in [6, 6.07) is 5.74. The first kappa shape index (κ1) is 15.0. The third-order valence-corrected chi connectivity index (χ3v) is 4.73. The lowest BCUT2D eigenvalue weighted by atomic mass is 9.82. The van der Waals surface area contributed by atoms with Crippen LogP contribution in [0.2, 0.25) is 0 Å². The molecule has 2 rings (SSSR count). The van der Waals surface area contributed by atoms with E-state index in [4.69, 9.17) is 0 Å². The van der Waals surface area contributed by atoms with Crippen LogP contribution in [0.25, 0.3) is 0 Å². The van der Waals surface area contributed by atoms with E-state index in [0.29, 0.717) is 6.04 Å². The van der Waals surface area contributed by atoms with Gasteiger partial charge in [0.05, 0.1) is 0 Å². The lowest BCUT2D eigenvalue weighted by Crippen LogP contribution is -2.35. The van der Waals surface area contributed by atoms with Crippen LogP contribution in [0.15, 0.2) is 22.7 Å². The van der Waals surface area contributed by atoms with Crippen LogP contribution in [0.3, 0.4) is 0 Å². The summed E-state index contributed by atoms with van der Waals surface area (Å²) in [5.74, 6) is 0.562. The largest absolute Gasteiger partial charge is 0.314 e. The minimum absolute atomic E-state index is 0.165. The SMILES string of the molecule is CCCNC1CCCC(Cc2ccc(F)cc2Br)C1. The standard InChI is InChI=1S/C16H23BrFN/c1-2-8-19-15-5-3-4-12(10-15)9-13-6-7-14(18)11-16(13)17/h6-7,11-12,15,19H,2-5,8-10H2,1H3.